The average Bonchev–Trinajstić information content (AvgIpc) is 3.37. The van der Waals surface area contributed by atoms with E-state index in [9.17, 15) is 14.7 Å². The minimum Gasteiger partial charge on any atom is -0.467 e. The topological polar surface area (TPSA) is 121 Å². The van der Waals surface area contributed by atoms with E-state index in [0.717, 1.165) is 28.7 Å². The minimum atomic E-state index is -1.04. The molecule has 3 rings (SSSR count). The number of aliphatic hydroxyl groups is 1. The second-order valence-electron chi connectivity index (χ2n) is 7.32. The lowest BCUT2D eigenvalue weighted by molar-refractivity contribution is -0.155. The second-order valence-corrected chi connectivity index (χ2v) is 7.32. The number of H-pyrrole nitrogens is 1. The van der Waals surface area contributed by atoms with E-state index < -0.39 is 18.6 Å². The van der Waals surface area contributed by atoms with Crippen LogP contribution in [0.1, 0.15) is 31.7 Å². The van der Waals surface area contributed by atoms with Gasteiger partial charge in [-0.3, -0.25) is 4.79 Å². The largest absolute Gasteiger partial charge is 0.467 e. The van der Waals surface area contributed by atoms with Crippen LogP contribution < -0.4 is 0 Å². The lowest BCUT2D eigenvalue weighted by Crippen LogP contribution is -2.47. The zero-order chi connectivity index (χ0) is 22.9. The molecule has 3 aromatic rings. The van der Waals surface area contributed by atoms with Crippen LogP contribution in [0.2, 0.25) is 0 Å². The molecule has 0 aliphatic heterocycles. The van der Waals surface area contributed by atoms with Gasteiger partial charge in [-0.05, 0) is 28.3 Å². The van der Waals surface area contributed by atoms with Gasteiger partial charge in [0.15, 0.2) is 6.04 Å². The Balaban J connectivity index is 1.85. The van der Waals surface area contributed by atoms with Gasteiger partial charge in [-0.1, -0.05) is 61.9 Å². The molecule has 0 saturated heterocycles. The van der Waals surface area contributed by atoms with Crippen LogP contribution in [-0.2, 0) is 20.9 Å². The molecule has 0 spiro atoms. The first kappa shape index (κ1) is 23.1. The zero-order valence-electron chi connectivity index (χ0n) is 18.2. The molecular weight excluding hydrogens is 410 g/mol. The van der Waals surface area contributed by atoms with Gasteiger partial charge in [-0.2, -0.15) is 5.21 Å². The molecule has 1 aromatic heterocycles. The fourth-order valence-electron chi connectivity index (χ4n) is 3.47. The first-order valence-electron chi connectivity index (χ1n) is 10.5. The summed E-state index contributed by atoms with van der Waals surface area (Å²) >= 11 is 0. The number of ether oxygens (including phenoxy) is 1. The number of carbonyl (C=O) groups excluding carboxylic acids is 2. The normalized spacial score (nSPS) is 11.7. The summed E-state index contributed by atoms with van der Waals surface area (Å²) in [4.78, 5) is 26.3. The molecule has 0 fully saturated rings. The average molecular weight is 438 g/mol. The summed E-state index contributed by atoms with van der Waals surface area (Å²) in [6, 6.07) is 14.4. The van der Waals surface area contributed by atoms with Crippen LogP contribution in [0.5, 0.6) is 0 Å². The van der Waals surface area contributed by atoms with E-state index in [1.165, 1.54) is 12.0 Å². The Hall–Kier alpha value is -3.59. The molecule has 168 valence electrons. The number of carbonyl (C=O) groups is 2. The molecule has 0 radical (unpaired) electrons. The number of amides is 1. The number of hydrogen-bond donors (Lipinski definition) is 2. The maximum absolute atomic E-state index is 12.8. The number of nitrogens with one attached hydrogen (secondary N) is 1. The standard InChI is InChI=1S/C23H27N5O4/c1-3-4-9-21(30)28(20(15-29)23(31)32-2)14-16-10-12-17(13-11-16)18-7-5-6-8-19(18)22-24-26-27-25-22/h5-8,10-13,20,29H,3-4,9,14-15H2,1-2H3,(H,24,25,26,27). The molecule has 0 bridgehead atoms. The molecule has 1 amide bonds. The van der Waals surface area contributed by atoms with Crippen LogP contribution >= 0.6 is 0 Å². The SMILES string of the molecule is CCCCC(=O)N(Cc1ccc(-c2ccccc2-c2nn[nH]n2)cc1)C(CO)C(=O)OC. The number of methoxy groups -OCH3 is 1. The number of esters is 1. The third kappa shape index (κ3) is 5.36. The van der Waals surface area contributed by atoms with E-state index in [1.807, 2.05) is 55.5 Å². The number of aromatic amines is 1. The predicted octanol–water partition coefficient (Wildman–Crippen LogP) is 2.59. The fraction of sp³-hybridized carbons (Fsp3) is 0.348. The number of unbranched alkanes of at least 4 members (excludes halogenated alkanes) is 1. The summed E-state index contributed by atoms with van der Waals surface area (Å²) in [5.74, 6) is -0.327. The van der Waals surface area contributed by atoms with Gasteiger partial charge in [-0.25, -0.2) is 4.79 Å². The van der Waals surface area contributed by atoms with Gasteiger partial charge in [0, 0.05) is 18.5 Å². The van der Waals surface area contributed by atoms with Crippen molar-refractivity contribution < 1.29 is 19.4 Å². The Kier molecular flexibility index (Phi) is 8.04. The fourth-order valence-corrected chi connectivity index (χ4v) is 3.47. The molecule has 1 heterocycles. The van der Waals surface area contributed by atoms with Crippen molar-refractivity contribution in [1.29, 1.82) is 0 Å². The van der Waals surface area contributed by atoms with Crippen LogP contribution in [0.3, 0.4) is 0 Å². The zero-order valence-corrected chi connectivity index (χ0v) is 18.2. The molecular formula is C23H27N5O4. The van der Waals surface area contributed by atoms with Crippen LogP contribution in [0, 0.1) is 0 Å². The number of hydrogen-bond acceptors (Lipinski definition) is 7. The molecule has 0 aliphatic rings. The second kappa shape index (κ2) is 11.1. The van der Waals surface area contributed by atoms with Gasteiger partial charge < -0.3 is 14.7 Å². The smallest absolute Gasteiger partial charge is 0.331 e. The van der Waals surface area contributed by atoms with Gasteiger partial charge in [0.25, 0.3) is 0 Å². The van der Waals surface area contributed by atoms with Crippen molar-refractivity contribution in [2.24, 2.45) is 0 Å². The number of tetrazole rings is 1. The summed E-state index contributed by atoms with van der Waals surface area (Å²) in [5.41, 5.74) is 3.57. The Morgan fingerprint density at radius 3 is 2.44 bits per heavy atom. The van der Waals surface area contributed by atoms with E-state index in [1.54, 1.807) is 0 Å². The van der Waals surface area contributed by atoms with Crippen LogP contribution in [0.25, 0.3) is 22.5 Å². The number of aliphatic hydroxyl groups excluding tert-OH is 1. The monoisotopic (exact) mass is 437 g/mol. The molecule has 9 nitrogen and oxygen atoms in total. The number of rotatable bonds is 10. The highest BCUT2D eigenvalue weighted by Gasteiger charge is 2.29. The number of aromatic nitrogens is 4. The summed E-state index contributed by atoms with van der Waals surface area (Å²) in [6.45, 7) is 1.68. The summed E-state index contributed by atoms with van der Waals surface area (Å²) in [6.07, 6.45) is 1.87. The van der Waals surface area contributed by atoms with Gasteiger partial charge in [0.2, 0.25) is 11.7 Å². The van der Waals surface area contributed by atoms with Crippen molar-refractivity contribution in [3.8, 4) is 22.5 Å². The molecule has 0 saturated carbocycles. The minimum absolute atomic E-state index is 0.190. The lowest BCUT2D eigenvalue weighted by Gasteiger charge is -2.29. The van der Waals surface area contributed by atoms with Crippen LogP contribution in [0.4, 0.5) is 0 Å². The van der Waals surface area contributed by atoms with E-state index in [2.05, 4.69) is 20.6 Å². The highest BCUT2D eigenvalue weighted by molar-refractivity contribution is 5.85. The molecule has 32 heavy (non-hydrogen) atoms. The van der Waals surface area contributed by atoms with E-state index in [-0.39, 0.29) is 12.5 Å². The van der Waals surface area contributed by atoms with Crippen molar-refractivity contribution >= 4 is 11.9 Å². The van der Waals surface area contributed by atoms with Crippen molar-refractivity contribution in [3.63, 3.8) is 0 Å². The quantitative estimate of drug-likeness (QED) is 0.468. The molecule has 0 aliphatic carbocycles. The van der Waals surface area contributed by atoms with Gasteiger partial charge in [0.05, 0.1) is 13.7 Å². The third-order valence-electron chi connectivity index (χ3n) is 5.22. The molecule has 2 N–H and O–H groups in total. The maximum atomic E-state index is 12.8. The van der Waals surface area contributed by atoms with Gasteiger partial charge in [-0.15, -0.1) is 10.2 Å². The van der Waals surface area contributed by atoms with E-state index >= 15 is 0 Å². The summed E-state index contributed by atoms with van der Waals surface area (Å²) in [5, 5.41) is 24.0. The molecule has 1 unspecified atom stereocenters. The van der Waals surface area contributed by atoms with Crippen molar-refractivity contribution in [3.05, 3.63) is 54.1 Å². The van der Waals surface area contributed by atoms with Crippen molar-refractivity contribution in [2.75, 3.05) is 13.7 Å². The molecule has 9 heteroatoms. The van der Waals surface area contributed by atoms with E-state index in [0.29, 0.717) is 18.7 Å². The maximum Gasteiger partial charge on any atom is 0.331 e. The lowest BCUT2D eigenvalue weighted by atomic mass is 9.98. The van der Waals surface area contributed by atoms with Crippen LogP contribution in [-0.4, -0.2) is 62.3 Å². The first-order valence-corrected chi connectivity index (χ1v) is 10.5. The number of benzene rings is 2. The van der Waals surface area contributed by atoms with Gasteiger partial charge in [0.1, 0.15) is 0 Å². The van der Waals surface area contributed by atoms with Crippen molar-refractivity contribution in [1.82, 2.24) is 25.5 Å². The third-order valence-corrected chi connectivity index (χ3v) is 5.22. The van der Waals surface area contributed by atoms with Gasteiger partial charge >= 0.3 is 5.97 Å². The Morgan fingerprint density at radius 2 is 1.84 bits per heavy atom. The predicted molar refractivity (Wildman–Crippen MR) is 118 cm³/mol. The molecule has 1 atom stereocenters. The van der Waals surface area contributed by atoms with Crippen molar-refractivity contribution in [2.45, 2.75) is 38.8 Å². The van der Waals surface area contributed by atoms with E-state index in [4.69, 9.17) is 4.74 Å². The highest BCUT2D eigenvalue weighted by Crippen LogP contribution is 2.30. The molecule has 2 aromatic carbocycles. The summed E-state index contributed by atoms with van der Waals surface area (Å²) < 4.78 is 4.79. The highest BCUT2D eigenvalue weighted by atomic mass is 16.5. The number of nitrogens with zero attached hydrogens (tertiary/aromatic N) is 4. The first-order chi connectivity index (χ1) is 15.6. The Bertz CT molecular complexity index is 1020. The summed E-state index contributed by atoms with van der Waals surface area (Å²) in [7, 11) is 1.25. The Morgan fingerprint density at radius 1 is 1.12 bits per heavy atom. The van der Waals surface area contributed by atoms with Crippen LogP contribution in [0.15, 0.2) is 48.5 Å². The Labute approximate surface area is 186 Å².